The van der Waals surface area contributed by atoms with Crippen LogP contribution in [0.3, 0.4) is 0 Å². The lowest BCUT2D eigenvalue weighted by atomic mass is 9.94. The van der Waals surface area contributed by atoms with Crippen molar-refractivity contribution in [3.63, 3.8) is 0 Å². The van der Waals surface area contributed by atoms with Crippen LogP contribution in [0.1, 0.15) is 26.7 Å². The van der Waals surface area contributed by atoms with Crippen LogP contribution in [0.5, 0.6) is 0 Å². The highest BCUT2D eigenvalue weighted by molar-refractivity contribution is 9.10. The molecule has 1 heteroatoms. The Morgan fingerprint density at radius 2 is 1.19 bits per heavy atom. The van der Waals surface area contributed by atoms with Crippen molar-refractivity contribution < 1.29 is 0 Å². The molecule has 0 fully saturated rings. The first-order valence-electron chi connectivity index (χ1n) is 7.58. The van der Waals surface area contributed by atoms with Gasteiger partial charge in [0.15, 0.2) is 0 Å². The van der Waals surface area contributed by atoms with Crippen LogP contribution in [0.2, 0.25) is 0 Å². The number of hydrogen-bond donors (Lipinski definition) is 0. The molecule has 0 heterocycles. The number of benzene rings is 4. The summed E-state index contributed by atoms with van der Waals surface area (Å²) in [5, 5.41) is 8.00. The minimum Gasteiger partial charge on any atom is -0.0654 e. The van der Waals surface area contributed by atoms with E-state index in [1.807, 2.05) is 0 Å². The van der Waals surface area contributed by atoms with Crippen molar-refractivity contribution in [1.82, 2.24) is 0 Å². The van der Waals surface area contributed by atoms with Gasteiger partial charge >= 0.3 is 0 Å². The van der Waals surface area contributed by atoms with Crippen molar-refractivity contribution in [3.8, 4) is 0 Å². The van der Waals surface area contributed by atoms with Gasteiger partial charge in [0.25, 0.3) is 0 Å². The lowest BCUT2D eigenvalue weighted by Crippen LogP contribution is -1.83. The second kappa shape index (κ2) is 6.03. The first kappa shape index (κ1) is 14.3. The van der Waals surface area contributed by atoms with Crippen LogP contribution in [-0.4, -0.2) is 0 Å². The van der Waals surface area contributed by atoms with Crippen molar-refractivity contribution in [2.24, 2.45) is 0 Å². The third kappa shape index (κ3) is 2.51. The Kier molecular flexibility index (Phi) is 4.12. The molecule has 0 nitrogen and oxygen atoms in total. The lowest BCUT2D eigenvalue weighted by molar-refractivity contribution is 0.886. The van der Waals surface area contributed by atoms with Gasteiger partial charge in [-0.1, -0.05) is 91.1 Å². The first-order chi connectivity index (χ1) is 10.3. The van der Waals surface area contributed by atoms with E-state index < -0.39 is 0 Å². The molecule has 0 radical (unpaired) electrons. The van der Waals surface area contributed by atoms with E-state index in [-0.39, 0.29) is 0 Å². The highest BCUT2D eigenvalue weighted by Crippen LogP contribution is 2.37. The molecule has 21 heavy (non-hydrogen) atoms. The van der Waals surface area contributed by atoms with E-state index in [1.165, 1.54) is 49.6 Å². The Morgan fingerprint density at radius 1 is 0.667 bits per heavy atom. The summed E-state index contributed by atoms with van der Waals surface area (Å²) in [6.45, 7) is 4.36. The summed E-state index contributed by atoms with van der Waals surface area (Å²) in [6.07, 6.45) is 2.64. The molecule has 0 spiro atoms. The number of unbranched alkanes of at least 4 members (excludes halogenated alkanes) is 1. The maximum absolute atomic E-state index is 3.64. The van der Waals surface area contributed by atoms with Crippen molar-refractivity contribution >= 4 is 48.2 Å². The van der Waals surface area contributed by atoms with Crippen LogP contribution in [0.25, 0.3) is 32.3 Å². The van der Waals surface area contributed by atoms with Crippen LogP contribution in [-0.2, 0) is 0 Å². The molecule has 0 saturated carbocycles. The molecular weight excluding hydrogens is 320 g/mol. The second-order valence-electron chi connectivity index (χ2n) is 5.40. The minimum absolute atomic E-state index is 1.17. The largest absolute Gasteiger partial charge is 0.0654 e. The fraction of sp³-hybridized carbons (Fsp3) is 0.200. The molecule has 4 aromatic rings. The van der Waals surface area contributed by atoms with Gasteiger partial charge in [-0.15, -0.1) is 0 Å². The zero-order chi connectivity index (χ0) is 14.8. The highest BCUT2D eigenvalue weighted by Gasteiger charge is 2.08. The summed E-state index contributed by atoms with van der Waals surface area (Å²) in [7, 11) is 0. The van der Waals surface area contributed by atoms with E-state index in [1.54, 1.807) is 0 Å². The maximum Gasteiger partial charge on any atom is 0.0254 e. The van der Waals surface area contributed by atoms with Gasteiger partial charge in [0.2, 0.25) is 0 Å². The predicted octanol–water partition coefficient (Wildman–Crippen LogP) is 7.15. The van der Waals surface area contributed by atoms with Gasteiger partial charge in [0.05, 0.1) is 0 Å². The molecule has 0 unspecified atom stereocenters. The van der Waals surface area contributed by atoms with Crippen molar-refractivity contribution in [3.05, 3.63) is 59.1 Å². The van der Waals surface area contributed by atoms with E-state index >= 15 is 0 Å². The zero-order valence-electron chi connectivity index (χ0n) is 12.5. The van der Waals surface area contributed by atoms with Crippen LogP contribution in [0, 0.1) is 0 Å². The van der Waals surface area contributed by atoms with Gasteiger partial charge in [0.1, 0.15) is 0 Å². The topological polar surface area (TPSA) is 0 Å². The van der Waals surface area contributed by atoms with E-state index in [2.05, 4.69) is 84.4 Å². The Hall–Kier alpha value is -1.60. The summed E-state index contributed by atoms with van der Waals surface area (Å²) in [5.41, 5.74) is 0. The molecule has 0 aliphatic heterocycles. The van der Waals surface area contributed by atoms with E-state index in [0.29, 0.717) is 0 Å². The van der Waals surface area contributed by atoms with Crippen LogP contribution in [0.4, 0.5) is 0 Å². The van der Waals surface area contributed by atoms with Gasteiger partial charge in [-0.3, -0.25) is 0 Å². The summed E-state index contributed by atoms with van der Waals surface area (Å²) < 4.78 is 1.17. The molecule has 106 valence electrons. The lowest BCUT2D eigenvalue weighted by Gasteiger charge is -2.11. The molecule has 0 N–H and O–H groups in total. The third-order valence-corrected chi connectivity index (χ3v) is 4.67. The summed E-state index contributed by atoms with van der Waals surface area (Å²) >= 11 is 3.64. The van der Waals surface area contributed by atoms with Gasteiger partial charge in [-0.05, 0) is 38.4 Å². The molecule has 0 atom stereocenters. The molecule has 0 saturated heterocycles. The third-order valence-electron chi connectivity index (χ3n) is 3.98. The number of hydrogen-bond acceptors (Lipinski definition) is 0. The highest BCUT2D eigenvalue weighted by atomic mass is 79.9. The molecular formula is C20H19Br. The molecule has 4 rings (SSSR count). The first-order valence-corrected chi connectivity index (χ1v) is 8.37. The van der Waals surface area contributed by atoms with Crippen molar-refractivity contribution in [2.75, 3.05) is 0 Å². The summed E-state index contributed by atoms with van der Waals surface area (Å²) in [5.74, 6) is 0. The fourth-order valence-corrected chi connectivity index (χ4v) is 3.16. The Balaban J connectivity index is 0.000000298. The Labute approximate surface area is 134 Å². The summed E-state index contributed by atoms with van der Waals surface area (Å²) in [4.78, 5) is 0. The molecule has 4 aromatic carbocycles. The predicted molar refractivity (Wildman–Crippen MR) is 98.4 cm³/mol. The average molecular weight is 339 g/mol. The smallest absolute Gasteiger partial charge is 0.0254 e. The maximum atomic E-state index is 3.64. The molecule has 0 amide bonds. The normalized spacial score (nSPS) is 11.0. The van der Waals surface area contributed by atoms with Crippen molar-refractivity contribution in [1.29, 1.82) is 0 Å². The van der Waals surface area contributed by atoms with E-state index in [4.69, 9.17) is 0 Å². The Morgan fingerprint density at radius 3 is 1.81 bits per heavy atom. The van der Waals surface area contributed by atoms with Gasteiger partial charge in [0, 0.05) is 4.47 Å². The summed E-state index contributed by atoms with van der Waals surface area (Å²) in [6, 6.07) is 19.6. The molecule has 0 aliphatic rings. The molecule has 0 bridgehead atoms. The van der Waals surface area contributed by atoms with E-state index in [9.17, 15) is 0 Å². The quantitative estimate of drug-likeness (QED) is 0.323. The van der Waals surface area contributed by atoms with E-state index in [0.717, 1.165) is 0 Å². The monoisotopic (exact) mass is 338 g/mol. The van der Waals surface area contributed by atoms with Crippen LogP contribution in [0.15, 0.2) is 59.1 Å². The minimum atomic E-state index is 1.17. The molecule has 0 aliphatic carbocycles. The van der Waals surface area contributed by atoms with Gasteiger partial charge in [-0.25, -0.2) is 0 Å². The fourth-order valence-electron chi connectivity index (χ4n) is 2.70. The van der Waals surface area contributed by atoms with Crippen LogP contribution >= 0.6 is 15.9 Å². The number of halogens is 1. The zero-order valence-corrected chi connectivity index (χ0v) is 14.1. The van der Waals surface area contributed by atoms with Gasteiger partial charge in [-0.2, -0.15) is 0 Å². The number of rotatable bonds is 1. The average Bonchev–Trinajstić information content (AvgIpc) is 2.54. The Bertz CT molecular complexity index is 859. The van der Waals surface area contributed by atoms with Crippen LogP contribution < -0.4 is 0 Å². The molecule has 0 aromatic heterocycles. The SMILES string of the molecule is Brc1ccc2ccc3cccc4ccc1c2c34.CCCC. The standard InChI is InChI=1S/C16H9Br.C4H10/c17-14-9-7-12-5-4-10-2-1-3-11-6-8-13(14)16(12)15(10)11;1-3-4-2/h1-9H;3-4H2,1-2H3. The second-order valence-corrected chi connectivity index (χ2v) is 6.26. The van der Waals surface area contributed by atoms with Gasteiger partial charge < -0.3 is 0 Å². The van der Waals surface area contributed by atoms with Crippen molar-refractivity contribution in [2.45, 2.75) is 26.7 Å².